The molecule has 5 N–H and O–H groups in total. The van der Waals surface area contributed by atoms with Gasteiger partial charge in [-0.25, -0.2) is 14.1 Å². The van der Waals surface area contributed by atoms with Crippen molar-refractivity contribution in [2.24, 2.45) is 15.9 Å². The number of hydrogen-bond acceptors (Lipinski definition) is 7. The number of aliphatic hydroxyl groups excluding tert-OH is 3. The van der Waals surface area contributed by atoms with Crippen LogP contribution in [0.25, 0.3) is 0 Å². The molecule has 1 saturated heterocycles. The number of ether oxygens (including phenoxy) is 1. The van der Waals surface area contributed by atoms with E-state index in [0.717, 1.165) is 6.07 Å². The predicted molar refractivity (Wildman–Crippen MR) is 97.4 cm³/mol. The van der Waals surface area contributed by atoms with Gasteiger partial charge in [0, 0.05) is 12.6 Å². The van der Waals surface area contributed by atoms with E-state index >= 15 is 0 Å². The minimum absolute atomic E-state index is 0.0936. The topological polar surface area (TPSA) is 138 Å². The first-order valence-corrected chi connectivity index (χ1v) is 8.82. The number of aliphatic imine (C=N–C) groups is 1. The van der Waals surface area contributed by atoms with Crippen LogP contribution in [0.5, 0.6) is 0 Å². The molecule has 2 aliphatic heterocycles. The molecule has 5 atom stereocenters. The van der Waals surface area contributed by atoms with E-state index in [0.29, 0.717) is 17.7 Å². The molecular formula is C17H17ClFN5O4. The van der Waals surface area contributed by atoms with Crippen molar-refractivity contribution in [2.45, 2.75) is 37.1 Å². The van der Waals surface area contributed by atoms with Gasteiger partial charge in [0.05, 0.1) is 22.5 Å². The van der Waals surface area contributed by atoms with Gasteiger partial charge in [0.15, 0.2) is 12.1 Å². The summed E-state index contributed by atoms with van der Waals surface area (Å²) in [6, 6.07) is 3.77. The fourth-order valence-corrected chi connectivity index (χ4v) is 3.54. The average Bonchev–Trinajstić information content (AvgIpc) is 3.25. The SMILES string of the molecule is N/N=C1/N=CCc2c1cnn2[C@@H]1O[C@H]([C@H](O)c2ccc(Cl)c(F)c2)[C@@H](O)[C@H]1O. The van der Waals surface area contributed by atoms with Crippen LogP contribution in [0.2, 0.25) is 5.02 Å². The Bertz CT molecular complexity index is 965. The number of aromatic nitrogens is 2. The van der Waals surface area contributed by atoms with Crippen LogP contribution >= 0.6 is 11.6 Å². The smallest absolute Gasteiger partial charge is 0.181 e. The summed E-state index contributed by atoms with van der Waals surface area (Å²) >= 11 is 5.66. The van der Waals surface area contributed by atoms with Crippen molar-refractivity contribution >= 4 is 23.7 Å². The van der Waals surface area contributed by atoms with Crippen LogP contribution in [0.4, 0.5) is 4.39 Å². The third kappa shape index (κ3) is 2.99. The van der Waals surface area contributed by atoms with Crippen LogP contribution < -0.4 is 5.84 Å². The van der Waals surface area contributed by atoms with Gasteiger partial charge < -0.3 is 25.9 Å². The number of nitrogens with zero attached hydrogens (tertiary/aromatic N) is 4. The van der Waals surface area contributed by atoms with Crippen LogP contribution in [0.1, 0.15) is 29.2 Å². The first-order valence-electron chi connectivity index (χ1n) is 8.44. The van der Waals surface area contributed by atoms with Crippen LogP contribution in [-0.4, -0.2) is 55.5 Å². The van der Waals surface area contributed by atoms with Gasteiger partial charge in [0.25, 0.3) is 0 Å². The highest BCUT2D eigenvalue weighted by molar-refractivity contribution is 6.30. The molecule has 1 aromatic carbocycles. The lowest BCUT2D eigenvalue weighted by Gasteiger charge is -2.22. The van der Waals surface area contributed by atoms with Crippen LogP contribution in [0.15, 0.2) is 34.5 Å². The lowest BCUT2D eigenvalue weighted by Crippen LogP contribution is -2.35. The summed E-state index contributed by atoms with van der Waals surface area (Å²) in [6.07, 6.45) is -3.01. The Labute approximate surface area is 163 Å². The zero-order valence-corrected chi connectivity index (χ0v) is 15.1. The number of rotatable bonds is 3. The number of hydrazone groups is 1. The van der Waals surface area contributed by atoms with Gasteiger partial charge >= 0.3 is 0 Å². The summed E-state index contributed by atoms with van der Waals surface area (Å²) in [6.45, 7) is 0. The molecule has 0 aliphatic carbocycles. The average molecular weight is 410 g/mol. The second-order valence-corrected chi connectivity index (χ2v) is 6.92. The molecule has 0 saturated carbocycles. The van der Waals surface area contributed by atoms with Gasteiger partial charge in [-0.3, -0.25) is 0 Å². The summed E-state index contributed by atoms with van der Waals surface area (Å²) in [5.74, 6) is 4.90. The van der Waals surface area contributed by atoms with E-state index in [-0.39, 0.29) is 16.4 Å². The monoisotopic (exact) mass is 409 g/mol. The molecule has 3 heterocycles. The highest BCUT2D eigenvalue weighted by Crippen LogP contribution is 2.37. The largest absolute Gasteiger partial charge is 0.387 e. The Morgan fingerprint density at radius 3 is 2.86 bits per heavy atom. The van der Waals surface area contributed by atoms with Gasteiger partial charge in [-0.15, -0.1) is 0 Å². The van der Waals surface area contributed by atoms with Crippen molar-refractivity contribution in [1.29, 1.82) is 0 Å². The van der Waals surface area contributed by atoms with E-state index in [2.05, 4.69) is 15.2 Å². The molecule has 148 valence electrons. The summed E-state index contributed by atoms with van der Waals surface area (Å²) in [4.78, 5) is 4.07. The Morgan fingerprint density at radius 2 is 2.14 bits per heavy atom. The predicted octanol–water partition coefficient (Wildman–Crippen LogP) is 0.276. The quantitative estimate of drug-likeness (QED) is 0.424. The number of amidine groups is 1. The van der Waals surface area contributed by atoms with Crippen molar-refractivity contribution in [3.8, 4) is 0 Å². The summed E-state index contributed by atoms with van der Waals surface area (Å²) in [5, 5.41) is 39.2. The first-order chi connectivity index (χ1) is 13.4. The molecule has 2 aromatic rings. The highest BCUT2D eigenvalue weighted by atomic mass is 35.5. The number of aliphatic hydroxyl groups is 3. The number of benzene rings is 1. The standard InChI is InChI=1S/C17H17ClFN5O4/c18-9-2-1-7(5-10(9)19)12(25)15-13(26)14(27)17(28-15)24-11-3-4-21-16(23-20)8(11)6-22-24/h1-2,4-6,12-15,17,25-27H,3,20H2/b23-16+/t12-,13+,14-,15-,17-/m1/s1. The summed E-state index contributed by atoms with van der Waals surface area (Å²) in [7, 11) is 0. The maximum atomic E-state index is 13.7. The van der Waals surface area contributed by atoms with Crippen molar-refractivity contribution in [3.05, 3.63) is 52.1 Å². The van der Waals surface area contributed by atoms with E-state index in [9.17, 15) is 19.7 Å². The lowest BCUT2D eigenvalue weighted by molar-refractivity contribution is -0.0904. The van der Waals surface area contributed by atoms with Crippen molar-refractivity contribution in [1.82, 2.24) is 9.78 Å². The van der Waals surface area contributed by atoms with Gasteiger partial charge in [-0.05, 0) is 17.7 Å². The van der Waals surface area contributed by atoms with Crippen LogP contribution in [0, 0.1) is 5.82 Å². The van der Waals surface area contributed by atoms with Gasteiger partial charge in [0.2, 0.25) is 0 Å². The molecule has 1 fully saturated rings. The summed E-state index contributed by atoms with van der Waals surface area (Å²) < 4.78 is 20.8. The molecule has 0 unspecified atom stereocenters. The fraction of sp³-hybridized carbons (Fsp3) is 0.353. The minimum Gasteiger partial charge on any atom is -0.387 e. The molecule has 28 heavy (non-hydrogen) atoms. The third-order valence-corrected chi connectivity index (χ3v) is 5.18. The Morgan fingerprint density at radius 1 is 1.36 bits per heavy atom. The summed E-state index contributed by atoms with van der Waals surface area (Å²) in [5.41, 5.74) is 1.38. The van der Waals surface area contributed by atoms with E-state index < -0.39 is 36.5 Å². The molecule has 0 amide bonds. The van der Waals surface area contributed by atoms with Crippen LogP contribution in [-0.2, 0) is 11.2 Å². The Balaban J connectivity index is 1.62. The molecule has 2 aliphatic rings. The number of halogens is 2. The third-order valence-electron chi connectivity index (χ3n) is 4.87. The van der Waals surface area contributed by atoms with Gasteiger partial charge in [-0.2, -0.15) is 10.2 Å². The normalized spacial score (nSPS) is 29.2. The zero-order chi connectivity index (χ0) is 20.0. The molecule has 1 aromatic heterocycles. The van der Waals surface area contributed by atoms with Crippen molar-refractivity contribution in [2.75, 3.05) is 0 Å². The molecule has 11 heteroatoms. The van der Waals surface area contributed by atoms with Crippen LogP contribution in [0.3, 0.4) is 0 Å². The molecule has 0 bridgehead atoms. The minimum atomic E-state index is -1.43. The first kappa shape index (κ1) is 19.0. The van der Waals surface area contributed by atoms with Gasteiger partial charge in [0.1, 0.15) is 30.2 Å². The molecule has 0 radical (unpaired) electrons. The Kier molecular flexibility index (Phi) is 4.89. The second kappa shape index (κ2) is 7.22. The maximum Gasteiger partial charge on any atom is 0.181 e. The number of nitrogens with two attached hydrogens (primary N) is 1. The maximum absolute atomic E-state index is 13.7. The van der Waals surface area contributed by atoms with E-state index in [4.69, 9.17) is 22.2 Å². The molecule has 0 spiro atoms. The fourth-order valence-electron chi connectivity index (χ4n) is 3.42. The van der Waals surface area contributed by atoms with E-state index in [1.807, 2.05) is 0 Å². The number of fused-ring (bicyclic) bond motifs is 1. The highest BCUT2D eigenvalue weighted by Gasteiger charge is 2.48. The molecule has 9 nitrogen and oxygen atoms in total. The van der Waals surface area contributed by atoms with Crippen molar-refractivity contribution < 1.29 is 24.4 Å². The zero-order valence-electron chi connectivity index (χ0n) is 14.4. The van der Waals surface area contributed by atoms with Gasteiger partial charge in [-0.1, -0.05) is 17.7 Å². The van der Waals surface area contributed by atoms with E-state index in [1.165, 1.54) is 23.0 Å². The number of hydrogen-bond donors (Lipinski definition) is 4. The molecule has 4 rings (SSSR count). The lowest BCUT2D eigenvalue weighted by atomic mass is 9.99. The second-order valence-electron chi connectivity index (χ2n) is 6.51. The van der Waals surface area contributed by atoms with Crippen molar-refractivity contribution in [3.63, 3.8) is 0 Å². The molecular weight excluding hydrogens is 393 g/mol. The Hall–Kier alpha value is -2.37. The van der Waals surface area contributed by atoms with E-state index in [1.54, 1.807) is 6.21 Å².